The molecule has 0 aliphatic carbocycles. The number of ether oxygens (including phenoxy) is 2. The highest BCUT2D eigenvalue weighted by molar-refractivity contribution is 6.40. The third kappa shape index (κ3) is 6.81. The average Bonchev–Trinajstić information content (AvgIpc) is 3.56. The predicted molar refractivity (Wildman–Crippen MR) is 185 cm³/mol. The van der Waals surface area contributed by atoms with Gasteiger partial charge in [0.15, 0.2) is 0 Å². The summed E-state index contributed by atoms with van der Waals surface area (Å²) in [5.41, 5.74) is 4.12. The number of aliphatic imine (C=N–C) groups is 2. The second kappa shape index (κ2) is 13.9. The molecule has 2 fully saturated rings. The minimum Gasteiger partial charge on any atom is -0.497 e. The zero-order valence-corrected chi connectivity index (χ0v) is 27.8. The van der Waals surface area contributed by atoms with E-state index in [2.05, 4.69) is 37.2 Å². The second-order valence-corrected chi connectivity index (χ2v) is 13.1. The standard InChI is InChI=1S/C38H40N6O5/c1-48-29-11-8-26(9-12-29)35-36-34(32(45)22-40-35)27(21-39-36)20-38(47)15-18-44(19-16-38)37(46)30-14-17-43(23-28-10-13-33(49-2)42-41-28)24-31(30)25-6-4-3-5-7-25/h3-13,21-22,30-31,47H,14-20,23-24H2,1-2H3/t30-,31+/m1/s1. The maximum atomic E-state index is 14.2. The van der Waals surface area contributed by atoms with Gasteiger partial charge in [0, 0.05) is 62.3 Å². The molecule has 4 aliphatic heterocycles. The van der Waals surface area contributed by atoms with Gasteiger partial charge in [0.05, 0.1) is 43.0 Å². The summed E-state index contributed by atoms with van der Waals surface area (Å²) in [4.78, 5) is 40.4. The van der Waals surface area contributed by atoms with Crippen LogP contribution in [0, 0.1) is 5.92 Å². The lowest BCUT2D eigenvalue weighted by molar-refractivity contribution is -0.142. The molecular formula is C38H40N6O5. The van der Waals surface area contributed by atoms with E-state index in [0.717, 1.165) is 42.1 Å². The lowest BCUT2D eigenvalue weighted by atomic mass is 9.78. The van der Waals surface area contributed by atoms with Crippen LogP contribution in [0.5, 0.6) is 11.6 Å². The molecule has 11 heteroatoms. The molecule has 0 spiro atoms. The third-order valence-electron chi connectivity index (χ3n) is 10.1. The van der Waals surface area contributed by atoms with Gasteiger partial charge in [-0.1, -0.05) is 30.3 Å². The molecule has 4 aliphatic rings. The molecule has 0 unspecified atom stereocenters. The van der Waals surface area contributed by atoms with Crippen molar-refractivity contribution in [2.75, 3.05) is 40.4 Å². The summed E-state index contributed by atoms with van der Waals surface area (Å²) in [5.74, 6) is 0.993. The Bertz CT molecular complexity index is 1830. The van der Waals surface area contributed by atoms with Crippen molar-refractivity contribution < 1.29 is 24.2 Å². The first-order chi connectivity index (χ1) is 23.8. The molecule has 3 aromatic rings. The Morgan fingerprint density at radius 1 is 0.898 bits per heavy atom. The molecule has 2 saturated heterocycles. The lowest BCUT2D eigenvalue weighted by Crippen LogP contribution is -2.51. The van der Waals surface area contributed by atoms with Crippen LogP contribution in [0.15, 0.2) is 93.6 Å². The number of Topliss-reactive ketones (excluding diaryl/α,β-unsaturated/α-hetero) is 1. The molecule has 0 saturated carbocycles. The maximum Gasteiger partial charge on any atom is 0.233 e. The van der Waals surface area contributed by atoms with Crippen molar-refractivity contribution >= 4 is 29.8 Å². The predicted octanol–water partition coefficient (Wildman–Crippen LogP) is 4.25. The molecule has 252 valence electrons. The van der Waals surface area contributed by atoms with Gasteiger partial charge in [-0.2, -0.15) is 5.10 Å². The Balaban J connectivity index is 1.03. The van der Waals surface area contributed by atoms with E-state index in [1.807, 2.05) is 59.5 Å². The van der Waals surface area contributed by atoms with Crippen LogP contribution in [0.25, 0.3) is 5.70 Å². The van der Waals surface area contributed by atoms with Crippen LogP contribution in [0.4, 0.5) is 0 Å². The number of carbonyl (C=O) groups is 2. The molecule has 1 aromatic heterocycles. The summed E-state index contributed by atoms with van der Waals surface area (Å²) >= 11 is 0. The maximum absolute atomic E-state index is 14.2. The summed E-state index contributed by atoms with van der Waals surface area (Å²) < 4.78 is 10.4. The van der Waals surface area contributed by atoms with Crippen LogP contribution < -0.4 is 9.47 Å². The van der Waals surface area contributed by atoms with Gasteiger partial charge >= 0.3 is 0 Å². The quantitative estimate of drug-likeness (QED) is 0.361. The first-order valence-electron chi connectivity index (χ1n) is 16.7. The highest BCUT2D eigenvalue weighted by atomic mass is 16.5. The molecule has 49 heavy (non-hydrogen) atoms. The minimum absolute atomic E-state index is 0.0280. The first-order valence-corrected chi connectivity index (χ1v) is 16.7. The summed E-state index contributed by atoms with van der Waals surface area (Å²) in [5, 5.41) is 20.2. The highest BCUT2D eigenvalue weighted by Gasteiger charge is 2.42. The molecule has 2 aromatic carbocycles. The molecule has 7 rings (SSSR count). The van der Waals surface area contributed by atoms with Crippen molar-refractivity contribution in [3.8, 4) is 11.6 Å². The first kappa shape index (κ1) is 32.5. The number of aliphatic hydroxyl groups is 1. The summed E-state index contributed by atoms with van der Waals surface area (Å²) in [6, 6.07) is 21.5. The zero-order chi connectivity index (χ0) is 34.0. The van der Waals surface area contributed by atoms with Crippen LogP contribution in [-0.2, 0) is 16.1 Å². The Morgan fingerprint density at radius 3 is 2.35 bits per heavy atom. The van der Waals surface area contributed by atoms with Gasteiger partial charge in [0.2, 0.25) is 17.6 Å². The van der Waals surface area contributed by atoms with Gasteiger partial charge in [0.25, 0.3) is 0 Å². The highest BCUT2D eigenvalue weighted by Crippen LogP contribution is 2.40. The smallest absolute Gasteiger partial charge is 0.233 e. The molecule has 1 amide bonds. The van der Waals surface area contributed by atoms with Gasteiger partial charge in [0.1, 0.15) is 11.4 Å². The van der Waals surface area contributed by atoms with Crippen molar-refractivity contribution in [3.63, 3.8) is 0 Å². The zero-order valence-electron chi connectivity index (χ0n) is 27.8. The van der Waals surface area contributed by atoms with Crippen LogP contribution in [0.1, 0.15) is 48.4 Å². The average molecular weight is 661 g/mol. The number of allylic oxidation sites excluding steroid dienone is 1. The normalized spacial score (nSPS) is 22.0. The van der Waals surface area contributed by atoms with Crippen LogP contribution in [0.2, 0.25) is 0 Å². The van der Waals surface area contributed by atoms with Crippen molar-refractivity contribution in [2.45, 2.75) is 43.7 Å². The van der Waals surface area contributed by atoms with Crippen molar-refractivity contribution in [1.82, 2.24) is 20.0 Å². The number of benzene rings is 2. The van der Waals surface area contributed by atoms with Crippen LogP contribution in [0.3, 0.4) is 0 Å². The largest absolute Gasteiger partial charge is 0.497 e. The molecule has 5 heterocycles. The number of rotatable bonds is 9. The minimum atomic E-state index is -1.06. The topological polar surface area (TPSA) is 130 Å². The lowest BCUT2D eigenvalue weighted by Gasteiger charge is -2.43. The fourth-order valence-corrected chi connectivity index (χ4v) is 7.40. The van der Waals surface area contributed by atoms with E-state index in [1.54, 1.807) is 20.4 Å². The number of methoxy groups -OCH3 is 2. The van der Waals surface area contributed by atoms with Gasteiger partial charge in [-0.3, -0.25) is 19.5 Å². The van der Waals surface area contributed by atoms with E-state index < -0.39 is 5.60 Å². The van der Waals surface area contributed by atoms with E-state index in [1.165, 1.54) is 6.21 Å². The number of hydrogen-bond acceptors (Lipinski definition) is 10. The summed E-state index contributed by atoms with van der Waals surface area (Å²) in [6.07, 6.45) is 4.86. The molecule has 0 bridgehead atoms. The fourth-order valence-electron chi connectivity index (χ4n) is 7.40. The fraction of sp³-hybridized carbons (Fsp3) is 0.368. The van der Waals surface area contributed by atoms with Gasteiger partial charge < -0.3 is 19.5 Å². The van der Waals surface area contributed by atoms with Crippen molar-refractivity contribution in [2.24, 2.45) is 15.9 Å². The number of ketones is 1. The number of likely N-dealkylation sites (tertiary alicyclic amines) is 2. The number of fused-ring (bicyclic) bond motifs is 1. The molecular weight excluding hydrogens is 620 g/mol. The van der Waals surface area contributed by atoms with Crippen molar-refractivity contribution in [1.29, 1.82) is 0 Å². The second-order valence-electron chi connectivity index (χ2n) is 13.1. The Labute approximate surface area is 285 Å². The third-order valence-corrected chi connectivity index (χ3v) is 10.1. The molecule has 2 atom stereocenters. The number of nitrogens with zero attached hydrogens (tertiary/aromatic N) is 6. The van der Waals surface area contributed by atoms with E-state index in [9.17, 15) is 14.7 Å². The van der Waals surface area contributed by atoms with E-state index in [-0.39, 0.29) is 29.9 Å². The summed E-state index contributed by atoms with van der Waals surface area (Å²) in [6.45, 7) is 3.05. The molecule has 1 N–H and O–H groups in total. The van der Waals surface area contributed by atoms with Crippen LogP contribution in [-0.4, -0.2) is 95.2 Å². The number of hydrogen-bond donors (Lipinski definition) is 1. The van der Waals surface area contributed by atoms with E-state index >= 15 is 0 Å². The molecule has 0 radical (unpaired) electrons. The Kier molecular flexibility index (Phi) is 9.20. The van der Waals surface area contributed by atoms with Gasteiger partial charge in [-0.25, -0.2) is 4.99 Å². The monoisotopic (exact) mass is 660 g/mol. The van der Waals surface area contributed by atoms with Gasteiger partial charge in [-0.05, 0) is 67.3 Å². The van der Waals surface area contributed by atoms with E-state index in [4.69, 9.17) is 9.47 Å². The SMILES string of the molecule is COc1ccc(C2=C3N=CC(CC4(O)CCN(C(=O)[C@@H]5CCN(Cc6ccc(OC)nn6)C[C@H]5c5ccccc5)CC4)=C3C(=O)C=N2)cc1. The summed E-state index contributed by atoms with van der Waals surface area (Å²) in [7, 11) is 3.18. The van der Waals surface area contributed by atoms with Crippen LogP contribution >= 0.6 is 0 Å². The number of carbonyl (C=O) groups excluding carboxylic acids is 2. The number of amides is 1. The van der Waals surface area contributed by atoms with Crippen molar-refractivity contribution in [3.05, 3.63) is 100 Å². The van der Waals surface area contributed by atoms with Gasteiger partial charge in [-0.15, -0.1) is 5.10 Å². The number of aromatic nitrogens is 2. The Morgan fingerprint density at radius 2 is 1.65 bits per heavy atom. The number of piperidine rings is 2. The molecule has 11 nitrogen and oxygen atoms in total. The Hall–Kier alpha value is -5.00. The van der Waals surface area contributed by atoms with E-state index in [0.29, 0.717) is 60.9 Å².